The Morgan fingerprint density at radius 3 is 2.59 bits per heavy atom. The van der Waals surface area contributed by atoms with Crippen LogP contribution in [0.4, 0.5) is 0 Å². The first-order valence-electron chi connectivity index (χ1n) is 8.40. The van der Waals surface area contributed by atoms with E-state index in [0.717, 1.165) is 38.5 Å². The Balaban J connectivity index is 2.17. The van der Waals surface area contributed by atoms with Crippen LogP contribution < -0.4 is 5.32 Å². The average molecular weight is 311 g/mol. The summed E-state index contributed by atoms with van der Waals surface area (Å²) in [6.45, 7) is 4.49. The van der Waals surface area contributed by atoms with Gasteiger partial charge in [0.2, 0.25) is 0 Å². The van der Waals surface area contributed by atoms with E-state index in [-0.39, 0.29) is 18.0 Å². The molecular formula is C17H29NO4. The van der Waals surface area contributed by atoms with Crippen molar-refractivity contribution in [1.29, 1.82) is 0 Å². The molecule has 0 radical (unpaired) electrons. The molecule has 0 bridgehead atoms. The normalized spacial score (nSPS) is 21.7. The lowest BCUT2D eigenvalue weighted by Gasteiger charge is -2.30. The maximum Gasteiger partial charge on any atom is 0.330 e. The average Bonchev–Trinajstić information content (AvgIpc) is 2.48. The number of carbonyl (C=O) groups excluding carboxylic acids is 2. The van der Waals surface area contributed by atoms with E-state index in [0.29, 0.717) is 25.7 Å². The quantitative estimate of drug-likeness (QED) is 0.403. The Bertz CT molecular complexity index is 368. The number of carbonyl (C=O) groups is 2. The fourth-order valence-corrected chi connectivity index (χ4v) is 2.77. The van der Waals surface area contributed by atoms with E-state index >= 15 is 0 Å². The Hall–Kier alpha value is -1.36. The molecule has 0 aromatic rings. The van der Waals surface area contributed by atoms with Crippen LogP contribution in [0, 0.1) is 0 Å². The van der Waals surface area contributed by atoms with E-state index in [1.54, 1.807) is 6.92 Å². The number of unbranched alkanes of at least 4 members (excludes halogenated alkanes) is 1. The van der Waals surface area contributed by atoms with Gasteiger partial charge in [0.1, 0.15) is 0 Å². The summed E-state index contributed by atoms with van der Waals surface area (Å²) in [4.78, 5) is 22.7. The van der Waals surface area contributed by atoms with Crippen molar-refractivity contribution in [2.24, 2.45) is 0 Å². The molecule has 1 N–H and O–H groups in total. The molecule has 0 spiro atoms. The first-order valence-corrected chi connectivity index (χ1v) is 8.40. The Labute approximate surface area is 133 Å². The van der Waals surface area contributed by atoms with Crippen LogP contribution in [0.2, 0.25) is 0 Å². The Morgan fingerprint density at radius 2 is 1.86 bits per heavy atom. The lowest BCUT2D eigenvalue weighted by molar-refractivity contribution is -0.144. The standard InChI is InChI=1S/C17H29NO4/c1-3-21-16(19)12-7-5-6-9-14-10-8-11-15(18-14)13-17(20)22-4-2/h7,12,14-15,18H,3-6,8-11,13H2,1-2H3/b12-7+/t14-,15-/m0/s1. The molecule has 0 saturated carbocycles. The molecule has 1 saturated heterocycles. The van der Waals surface area contributed by atoms with Gasteiger partial charge in [-0.05, 0) is 46.0 Å². The minimum Gasteiger partial charge on any atom is -0.466 e. The highest BCUT2D eigenvalue weighted by Crippen LogP contribution is 2.19. The molecule has 1 heterocycles. The van der Waals surface area contributed by atoms with Gasteiger partial charge in [-0.15, -0.1) is 0 Å². The molecule has 0 unspecified atom stereocenters. The topological polar surface area (TPSA) is 64.6 Å². The first-order chi connectivity index (χ1) is 10.7. The summed E-state index contributed by atoms with van der Waals surface area (Å²) in [7, 11) is 0. The van der Waals surface area contributed by atoms with Crippen molar-refractivity contribution in [2.75, 3.05) is 13.2 Å². The number of rotatable bonds is 9. The lowest BCUT2D eigenvalue weighted by Crippen LogP contribution is -2.43. The molecule has 0 aliphatic carbocycles. The second-order valence-corrected chi connectivity index (χ2v) is 5.59. The van der Waals surface area contributed by atoms with Gasteiger partial charge in [0.15, 0.2) is 0 Å². The summed E-state index contributed by atoms with van der Waals surface area (Å²) in [5, 5.41) is 3.55. The van der Waals surface area contributed by atoms with Crippen LogP contribution in [-0.4, -0.2) is 37.2 Å². The Morgan fingerprint density at radius 1 is 1.14 bits per heavy atom. The van der Waals surface area contributed by atoms with Gasteiger partial charge in [-0.1, -0.05) is 12.5 Å². The summed E-state index contributed by atoms with van der Waals surface area (Å²) in [5.74, 6) is -0.384. The third kappa shape index (κ3) is 8.17. The predicted molar refractivity (Wildman–Crippen MR) is 85.4 cm³/mol. The van der Waals surface area contributed by atoms with E-state index in [1.807, 2.05) is 13.0 Å². The molecule has 1 rings (SSSR count). The fraction of sp³-hybridized carbons (Fsp3) is 0.765. The number of nitrogens with one attached hydrogen (secondary N) is 1. The van der Waals surface area contributed by atoms with Gasteiger partial charge in [-0.2, -0.15) is 0 Å². The van der Waals surface area contributed by atoms with Crippen LogP contribution in [0.15, 0.2) is 12.2 Å². The van der Waals surface area contributed by atoms with E-state index in [2.05, 4.69) is 5.32 Å². The van der Waals surface area contributed by atoms with Crippen molar-refractivity contribution >= 4 is 11.9 Å². The minimum atomic E-state index is -0.271. The first kappa shape index (κ1) is 18.7. The van der Waals surface area contributed by atoms with E-state index in [4.69, 9.17) is 9.47 Å². The van der Waals surface area contributed by atoms with Crippen LogP contribution in [0.3, 0.4) is 0 Å². The molecule has 22 heavy (non-hydrogen) atoms. The molecule has 2 atom stereocenters. The maximum atomic E-state index is 11.5. The highest BCUT2D eigenvalue weighted by atomic mass is 16.5. The van der Waals surface area contributed by atoms with Gasteiger partial charge in [0.25, 0.3) is 0 Å². The summed E-state index contributed by atoms with van der Waals surface area (Å²) >= 11 is 0. The van der Waals surface area contributed by atoms with Crippen molar-refractivity contribution in [3.63, 3.8) is 0 Å². The number of piperidine rings is 1. The van der Waals surface area contributed by atoms with Crippen LogP contribution in [0.1, 0.15) is 58.8 Å². The summed E-state index contributed by atoms with van der Waals surface area (Å²) in [6, 6.07) is 0.706. The SMILES string of the molecule is CCOC(=O)/C=C/CCC[C@H]1CCC[C@@H](CC(=O)OCC)N1. The lowest BCUT2D eigenvalue weighted by atomic mass is 9.93. The van der Waals surface area contributed by atoms with Crippen molar-refractivity contribution in [3.8, 4) is 0 Å². The maximum absolute atomic E-state index is 11.5. The van der Waals surface area contributed by atoms with Crippen LogP contribution in [-0.2, 0) is 19.1 Å². The third-order valence-corrected chi connectivity index (χ3v) is 3.76. The second kappa shape index (κ2) is 11.2. The fourth-order valence-electron chi connectivity index (χ4n) is 2.77. The van der Waals surface area contributed by atoms with Gasteiger partial charge in [0.05, 0.1) is 19.6 Å². The van der Waals surface area contributed by atoms with E-state index in [1.165, 1.54) is 6.08 Å². The van der Waals surface area contributed by atoms with Crippen molar-refractivity contribution < 1.29 is 19.1 Å². The number of allylic oxidation sites excluding steroid dienone is 1. The molecule has 5 nitrogen and oxygen atoms in total. The zero-order valence-corrected chi connectivity index (χ0v) is 13.8. The third-order valence-electron chi connectivity index (χ3n) is 3.76. The highest BCUT2D eigenvalue weighted by molar-refractivity contribution is 5.81. The minimum absolute atomic E-state index is 0.113. The van der Waals surface area contributed by atoms with Crippen molar-refractivity contribution in [1.82, 2.24) is 5.32 Å². The molecular weight excluding hydrogens is 282 g/mol. The number of esters is 2. The van der Waals surface area contributed by atoms with E-state index in [9.17, 15) is 9.59 Å². The van der Waals surface area contributed by atoms with Crippen LogP contribution in [0.5, 0.6) is 0 Å². The summed E-state index contributed by atoms with van der Waals surface area (Å²) in [6.07, 6.45) is 10.1. The molecule has 0 aromatic heterocycles. The molecule has 5 heteroatoms. The highest BCUT2D eigenvalue weighted by Gasteiger charge is 2.22. The van der Waals surface area contributed by atoms with Crippen molar-refractivity contribution in [2.45, 2.75) is 70.9 Å². The predicted octanol–water partition coefficient (Wildman–Crippen LogP) is 2.74. The monoisotopic (exact) mass is 311 g/mol. The number of hydrogen-bond acceptors (Lipinski definition) is 5. The van der Waals surface area contributed by atoms with Gasteiger partial charge in [-0.25, -0.2) is 4.79 Å². The van der Waals surface area contributed by atoms with Gasteiger partial charge in [-0.3, -0.25) is 4.79 Å². The van der Waals surface area contributed by atoms with Crippen LogP contribution >= 0.6 is 0 Å². The number of ether oxygens (including phenoxy) is 2. The second-order valence-electron chi connectivity index (χ2n) is 5.59. The summed E-state index contributed by atoms with van der Waals surface area (Å²) in [5.41, 5.74) is 0. The Kier molecular flexibility index (Phi) is 9.55. The van der Waals surface area contributed by atoms with Crippen LogP contribution in [0.25, 0.3) is 0 Å². The largest absolute Gasteiger partial charge is 0.466 e. The van der Waals surface area contributed by atoms with E-state index < -0.39 is 0 Å². The van der Waals surface area contributed by atoms with Gasteiger partial charge >= 0.3 is 11.9 Å². The smallest absolute Gasteiger partial charge is 0.330 e. The molecule has 1 aliphatic rings. The zero-order chi connectivity index (χ0) is 16.2. The molecule has 0 aromatic carbocycles. The van der Waals surface area contributed by atoms with Gasteiger partial charge in [0, 0.05) is 18.2 Å². The number of hydrogen-bond donors (Lipinski definition) is 1. The van der Waals surface area contributed by atoms with Gasteiger partial charge < -0.3 is 14.8 Å². The molecule has 126 valence electrons. The van der Waals surface area contributed by atoms with Crippen molar-refractivity contribution in [3.05, 3.63) is 12.2 Å². The molecule has 0 amide bonds. The zero-order valence-electron chi connectivity index (χ0n) is 13.8. The summed E-state index contributed by atoms with van der Waals surface area (Å²) < 4.78 is 9.83. The molecule has 1 aliphatic heterocycles. The molecule has 1 fully saturated rings.